The van der Waals surface area contributed by atoms with E-state index in [4.69, 9.17) is 0 Å². The molecule has 4 N–H and O–H groups in total. The van der Waals surface area contributed by atoms with Crippen molar-refractivity contribution in [1.82, 2.24) is 30.2 Å². The Morgan fingerprint density at radius 1 is 1.09 bits per heavy atom. The molecular weight excluding hydrogens is 444 g/mol. The van der Waals surface area contributed by atoms with E-state index in [1.165, 1.54) is 17.4 Å². The predicted molar refractivity (Wildman–Crippen MR) is 133 cm³/mol. The van der Waals surface area contributed by atoms with Crippen LogP contribution in [0.25, 0.3) is 10.9 Å². The number of nitrogens with zero attached hydrogens (tertiary/aromatic N) is 3. The van der Waals surface area contributed by atoms with Crippen LogP contribution in [0.1, 0.15) is 48.4 Å². The maximum absolute atomic E-state index is 13.8. The van der Waals surface area contributed by atoms with Crippen LogP contribution >= 0.6 is 0 Å². The Labute approximate surface area is 203 Å². The third-order valence-corrected chi connectivity index (χ3v) is 5.72. The predicted octanol–water partition coefficient (Wildman–Crippen LogP) is 2.99. The smallest absolute Gasteiger partial charge is 0.273 e. The molecule has 0 saturated carbocycles. The number of imidazole rings is 1. The van der Waals surface area contributed by atoms with Gasteiger partial charge in [-0.15, -0.1) is 0 Å². The van der Waals surface area contributed by atoms with Crippen molar-refractivity contribution in [2.45, 2.75) is 44.8 Å². The summed E-state index contributed by atoms with van der Waals surface area (Å²) in [6.45, 7) is 5.28. The fourth-order valence-corrected chi connectivity index (χ4v) is 4.23. The van der Waals surface area contributed by atoms with E-state index < -0.39 is 23.5 Å². The maximum Gasteiger partial charge on any atom is 0.273 e. The molecule has 0 aliphatic rings. The molecule has 2 amide bonds. The van der Waals surface area contributed by atoms with Crippen LogP contribution in [-0.4, -0.2) is 59.9 Å². The van der Waals surface area contributed by atoms with Gasteiger partial charge in [0.2, 0.25) is 5.91 Å². The van der Waals surface area contributed by atoms with E-state index in [1.807, 2.05) is 51.2 Å². The van der Waals surface area contributed by atoms with Crippen molar-refractivity contribution in [1.29, 1.82) is 0 Å². The van der Waals surface area contributed by atoms with Crippen LogP contribution in [0.3, 0.4) is 0 Å². The number of aliphatic hydroxyl groups is 1. The molecule has 0 aliphatic heterocycles. The fraction of sp³-hybridized carbons (Fsp3) is 0.308. The number of hydrogen-bond acceptors (Lipinski definition) is 5. The molecule has 9 heteroatoms. The Kier molecular flexibility index (Phi) is 6.97. The normalized spacial score (nSPS) is 13.4. The summed E-state index contributed by atoms with van der Waals surface area (Å²) in [5, 5.41) is 14.5. The average Bonchev–Trinajstić information content (AvgIpc) is 3.51. The number of amides is 2. The number of benzene rings is 1. The summed E-state index contributed by atoms with van der Waals surface area (Å²) in [6, 6.07) is 9.58. The fourth-order valence-electron chi connectivity index (χ4n) is 4.23. The first-order chi connectivity index (χ1) is 16.8. The molecule has 3 heterocycles. The summed E-state index contributed by atoms with van der Waals surface area (Å²) >= 11 is 0. The van der Waals surface area contributed by atoms with Crippen LogP contribution in [0.5, 0.6) is 0 Å². The minimum atomic E-state index is -1.03. The van der Waals surface area contributed by atoms with Crippen LogP contribution in [0.2, 0.25) is 0 Å². The van der Waals surface area contributed by atoms with Crippen molar-refractivity contribution < 1.29 is 14.7 Å². The van der Waals surface area contributed by atoms with Gasteiger partial charge in [0.05, 0.1) is 25.2 Å². The molecule has 0 saturated heterocycles. The third-order valence-electron chi connectivity index (χ3n) is 5.72. The number of aromatic nitrogens is 4. The van der Waals surface area contributed by atoms with Gasteiger partial charge in [-0.1, -0.05) is 24.3 Å². The lowest BCUT2D eigenvalue weighted by Crippen LogP contribution is -2.53. The summed E-state index contributed by atoms with van der Waals surface area (Å²) in [4.78, 5) is 43.2. The van der Waals surface area contributed by atoms with Crippen molar-refractivity contribution in [3.05, 3.63) is 84.3 Å². The molecule has 4 rings (SSSR count). The molecule has 1 aromatic carbocycles. The summed E-state index contributed by atoms with van der Waals surface area (Å²) < 4.78 is 0. The molecule has 0 radical (unpaired) electrons. The number of fused-ring (bicyclic) bond motifs is 1. The zero-order chi connectivity index (χ0) is 25.0. The minimum absolute atomic E-state index is 0.222. The SMILES string of the molecule is CC(C)(C)NC(=O)C(c1cccnc1)N(C(=O)c1cnc[nH]1)[C@H](CO)Cc1c[nH]c2ccccc12. The summed E-state index contributed by atoms with van der Waals surface area (Å²) in [5.41, 5.74) is 2.12. The van der Waals surface area contributed by atoms with Crippen LogP contribution in [0.15, 0.2) is 67.5 Å². The Morgan fingerprint density at radius 2 is 1.89 bits per heavy atom. The van der Waals surface area contributed by atoms with E-state index in [9.17, 15) is 14.7 Å². The number of carbonyl (C=O) groups is 2. The first-order valence-electron chi connectivity index (χ1n) is 11.5. The van der Waals surface area contributed by atoms with Crippen molar-refractivity contribution in [3.8, 4) is 0 Å². The quantitative estimate of drug-likeness (QED) is 0.312. The van der Waals surface area contributed by atoms with Gasteiger partial charge in [-0.3, -0.25) is 14.6 Å². The molecule has 0 fully saturated rings. The molecule has 4 aromatic rings. The van der Waals surface area contributed by atoms with Gasteiger partial charge in [-0.05, 0) is 44.9 Å². The maximum atomic E-state index is 13.8. The lowest BCUT2D eigenvalue weighted by Gasteiger charge is -2.38. The van der Waals surface area contributed by atoms with Crippen LogP contribution < -0.4 is 5.32 Å². The van der Waals surface area contributed by atoms with E-state index in [-0.39, 0.29) is 18.2 Å². The zero-order valence-corrected chi connectivity index (χ0v) is 20.0. The molecule has 2 atom stereocenters. The van der Waals surface area contributed by atoms with E-state index in [2.05, 4.69) is 25.3 Å². The van der Waals surface area contributed by atoms with E-state index in [0.717, 1.165) is 16.5 Å². The van der Waals surface area contributed by atoms with E-state index in [1.54, 1.807) is 24.5 Å². The van der Waals surface area contributed by atoms with Crippen molar-refractivity contribution >= 4 is 22.7 Å². The second kappa shape index (κ2) is 10.1. The van der Waals surface area contributed by atoms with Gasteiger partial charge >= 0.3 is 0 Å². The van der Waals surface area contributed by atoms with E-state index >= 15 is 0 Å². The number of para-hydroxylation sites is 1. The Balaban J connectivity index is 1.81. The minimum Gasteiger partial charge on any atom is -0.394 e. The number of aliphatic hydroxyl groups excluding tert-OH is 1. The number of aromatic amines is 2. The zero-order valence-electron chi connectivity index (χ0n) is 20.0. The Hall–Kier alpha value is -3.98. The van der Waals surface area contributed by atoms with E-state index in [0.29, 0.717) is 12.0 Å². The Morgan fingerprint density at radius 3 is 2.54 bits per heavy atom. The highest BCUT2D eigenvalue weighted by atomic mass is 16.3. The standard InChI is InChI=1S/C26H30N6O3/c1-26(2,3)31-24(34)23(17-7-6-10-27-12-17)32(25(35)22-14-28-16-30-22)19(15-33)11-18-13-29-21-9-5-4-8-20(18)21/h4-10,12-14,16,19,23,29,33H,11,15H2,1-3H3,(H,28,30)(H,31,34)/t19-,23?/m0/s1. The van der Waals surface area contributed by atoms with Crippen LogP contribution in [0.4, 0.5) is 0 Å². The molecular formula is C26H30N6O3. The monoisotopic (exact) mass is 474 g/mol. The topological polar surface area (TPSA) is 127 Å². The van der Waals surface area contributed by atoms with Gasteiger partial charge in [0.25, 0.3) is 5.91 Å². The van der Waals surface area contributed by atoms with Gasteiger partial charge in [0.1, 0.15) is 11.7 Å². The number of carbonyl (C=O) groups excluding carboxylic acids is 2. The van der Waals surface area contributed by atoms with Crippen LogP contribution in [-0.2, 0) is 11.2 Å². The molecule has 35 heavy (non-hydrogen) atoms. The van der Waals surface area contributed by atoms with Crippen molar-refractivity contribution in [3.63, 3.8) is 0 Å². The second-order valence-electron chi connectivity index (χ2n) is 9.51. The number of H-pyrrole nitrogens is 2. The molecule has 0 bridgehead atoms. The van der Waals surface area contributed by atoms with Gasteiger partial charge in [-0.2, -0.15) is 0 Å². The van der Waals surface area contributed by atoms with Gasteiger partial charge in [-0.25, -0.2) is 4.98 Å². The molecule has 3 aromatic heterocycles. The molecule has 0 aliphatic carbocycles. The van der Waals surface area contributed by atoms with Crippen molar-refractivity contribution in [2.75, 3.05) is 6.61 Å². The molecule has 0 spiro atoms. The van der Waals surface area contributed by atoms with Gasteiger partial charge in [0.15, 0.2) is 0 Å². The largest absolute Gasteiger partial charge is 0.394 e. The summed E-state index contributed by atoms with van der Waals surface area (Å²) in [6.07, 6.45) is 8.21. The lowest BCUT2D eigenvalue weighted by molar-refractivity contribution is -0.128. The lowest BCUT2D eigenvalue weighted by atomic mass is 9.97. The molecule has 9 nitrogen and oxygen atoms in total. The first kappa shape index (κ1) is 24.2. The second-order valence-corrected chi connectivity index (χ2v) is 9.51. The van der Waals surface area contributed by atoms with Crippen LogP contribution in [0, 0.1) is 0 Å². The van der Waals surface area contributed by atoms with Crippen molar-refractivity contribution in [2.24, 2.45) is 0 Å². The average molecular weight is 475 g/mol. The first-order valence-corrected chi connectivity index (χ1v) is 11.5. The number of pyridine rings is 1. The number of nitrogens with one attached hydrogen (secondary N) is 3. The Bertz CT molecular complexity index is 1280. The van der Waals surface area contributed by atoms with Gasteiger partial charge < -0.3 is 25.3 Å². The highest BCUT2D eigenvalue weighted by Crippen LogP contribution is 2.29. The molecule has 1 unspecified atom stereocenters. The summed E-state index contributed by atoms with van der Waals surface area (Å²) in [7, 11) is 0. The molecule has 182 valence electrons. The number of hydrogen-bond donors (Lipinski definition) is 4. The van der Waals surface area contributed by atoms with Gasteiger partial charge in [0, 0.05) is 40.6 Å². The highest BCUT2D eigenvalue weighted by Gasteiger charge is 2.38. The third kappa shape index (κ3) is 5.41. The summed E-state index contributed by atoms with van der Waals surface area (Å²) in [5.74, 6) is -0.810. The highest BCUT2D eigenvalue weighted by molar-refractivity contribution is 5.97. The number of rotatable bonds is 8.